The van der Waals surface area contributed by atoms with Gasteiger partial charge in [-0.05, 0) is 6.42 Å². The minimum atomic E-state index is -0.0741. The van der Waals surface area contributed by atoms with Crippen LogP contribution in [0.2, 0.25) is 0 Å². The van der Waals surface area contributed by atoms with Crippen molar-refractivity contribution >= 4 is 17.4 Å². The molecule has 0 aliphatic carbocycles. The number of hydrogen-bond acceptors (Lipinski definition) is 2. The van der Waals surface area contributed by atoms with Crippen LogP contribution in [0.3, 0.4) is 0 Å². The van der Waals surface area contributed by atoms with Crippen LogP contribution in [0.25, 0.3) is 0 Å². The predicted molar refractivity (Wildman–Crippen MR) is 44.8 cm³/mol. The highest BCUT2D eigenvalue weighted by molar-refractivity contribution is 7.67. The predicted octanol–water partition coefficient (Wildman–Crippen LogP) is 2.01. The molecule has 0 saturated carbocycles. The Morgan fingerprint density at radius 3 is 2.50 bits per heavy atom. The lowest BCUT2D eigenvalue weighted by molar-refractivity contribution is 0.600. The summed E-state index contributed by atoms with van der Waals surface area (Å²) < 4.78 is 10.4. The van der Waals surface area contributed by atoms with Crippen LogP contribution >= 0.6 is 0 Å². The smallest absolute Gasteiger partial charge is 0.304 e. The van der Waals surface area contributed by atoms with Crippen LogP contribution < -0.4 is 0 Å². The molecule has 0 radical (unpaired) electrons. The van der Waals surface area contributed by atoms with Crippen LogP contribution in [0.15, 0.2) is 0 Å². The molecule has 1 atom stereocenters. The first-order valence-electron chi connectivity index (χ1n) is 3.62. The van der Waals surface area contributed by atoms with Gasteiger partial charge in [0.05, 0.1) is 5.71 Å². The topological polar surface area (TPSA) is 40.9 Å². The van der Waals surface area contributed by atoms with Gasteiger partial charge >= 0.3 is 11.7 Å². The Balaban J connectivity index is 3.80. The minimum absolute atomic E-state index is 0.0741. The lowest BCUT2D eigenvalue weighted by Gasteiger charge is -1.96. The Bertz CT molecular complexity index is 125. The van der Waals surface area contributed by atoms with E-state index in [2.05, 4.69) is 0 Å². The molecule has 0 spiro atoms. The molecular formula is C7H14NOS+. The highest BCUT2D eigenvalue weighted by Gasteiger charge is 2.24. The normalized spacial score (nSPS) is 12.6. The summed E-state index contributed by atoms with van der Waals surface area (Å²) in [4.78, 5) is 0. The number of nitrogens with one attached hydrogen (secondary N) is 1. The van der Waals surface area contributed by atoms with E-state index in [1.807, 2.05) is 13.8 Å². The molecule has 0 rings (SSSR count). The zero-order chi connectivity index (χ0) is 7.98. The van der Waals surface area contributed by atoms with Crippen LogP contribution in [0, 0.1) is 5.41 Å². The average Bonchev–Trinajstić information content (AvgIpc) is 1.99. The van der Waals surface area contributed by atoms with Crippen molar-refractivity contribution < 1.29 is 4.21 Å². The fourth-order valence-corrected chi connectivity index (χ4v) is 1.39. The van der Waals surface area contributed by atoms with Crippen LogP contribution in [-0.2, 0) is 15.9 Å². The van der Waals surface area contributed by atoms with Crippen molar-refractivity contribution in [1.29, 1.82) is 5.41 Å². The van der Waals surface area contributed by atoms with Crippen molar-refractivity contribution in [2.45, 2.75) is 38.4 Å². The van der Waals surface area contributed by atoms with Crippen molar-refractivity contribution in [3.8, 4) is 0 Å². The van der Waals surface area contributed by atoms with Gasteiger partial charge < -0.3 is 5.41 Å². The van der Waals surface area contributed by atoms with Gasteiger partial charge in [0.15, 0.2) is 0 Å². The summed E-state index contributed by atoms with van der Waals surface area (Å²) in [5, 5.41) is 7.30. The van der Waals surface area contributed by atoms with Gasteiger partial charge in [0.25, 0.3) is 5.25 Å². The molecule has 3 heteroatoms. The molecule has 0 fully saturated rings. The molecule has 0 aromatic heterocycles. The largest absolute Gasteiger partial charge is 0.468 e. The first-order valence-corrected chi connectivity index (χ1v) is 4.42. The number of rotatable bonds is 5. The van der Waals surface area contributed by atoms with Crippen molar-refractivity contribution in [1.82, 2.24) is 0 Å². The molecule has 1 unspecified atom stereocenters. The van der Waals surface area contributed by atoms with E-state index in [-0.39, 0.29) is 5.25 Å². The third-order valence-corrected chi connectivity index (χ3v) is 2.19. The summed E-state index contributed by atoms with van der Waals surface area (Å²) in [5.41, 5.74) is 0.585. The summed E-state index contributed by atoms with van der Waals surface area (Å²) in [6.45, 7) is 3.95. The molecule has 0 aliphatic rings. The Morgan fingerprint density at radius 2 is 2.20 bits per heavy atom. The van der Waals surface area contributed by atoms with E-state index in [1.165, 1.54) is 0 Å². The lowest BCUT2D eigenvalue weighted by Crippen LogP contribution is -2.17. The van der Waals surface area contributed by atoms with Gasteiger partial charge in [-0.25, -0.2) is 0 Å². The average molecular weight is 160 g/mol. The van der Waals surface area contributed by atoms with Gasteiger partial charge in [0.1, 0.15) is 0 Å². The van der Waals surface area contributed by atoms with Gasteiger partial charge in [0, 0.05) is 10.6 Å². The Labute approximate surface area is 66.0 Å². The van der Waals surface area contributed by atoms with Crippen LogP contribution in [0.1, 0.15) is 33.1 Å². The van der Waals surface area contributed by atoms with Crippen molar-refractivity contribution in [2.24, 2.45) is 0 Å². The second-order valence-corrected chi connectivity index (χ2v) is 3.01. The van der Waals surface area contributed by atoms with Gasteiger partial charge in [-0.2, -0.15) is 0 Å². The SMILES string of the molecule is CCCC([S+]=O)C(=N)CC. The van der Waals surface area contributed by atoms with Crippen molar-refractivity contribution in [3.63, 3.8) is 0 Å². The molecule has 0 bridgehead atoms. The van der Waals surface area contributed by atoms with E-state index >= 15 is 0 Å². The molecule has 0 heterocycles. The van der Waals surface area contributed by atoms with Crippen LogP contribution in [-0.4, -0.2) is 11.0 Å². The molecule has 0 aliphatic heterocycles. The van der Waals surface area contributed by atoms with Gasteiger partial charge in [0.2, 0.25) is 0 Å². The minimum Gasteiger partial charge on any atom is -0.304 e. The third-order valence-electron chi connectivity index (χ3n) is 1.44. The molecule has 0 aromatic rings. The molecule has 58 valence electrons. The van der Waals surface area contributed by atoms with Crippen LogP contribution in [0.4, 0.5) is 0 Å². The Morgan fingerprint density at radius 1 is 1.60 bits per heavy atom. The van der Waals surface area contributed by atoms with Crippen molar-refractivity contribution in [2.75, 3.05) is 0 Å². The fourth-order valence-electron chi connectivity index (χ4n) is 0.770. The fraction of sp³-hybridized carbons (Fsp3) is 0.857. The second-order valence-electron chi connectivity index (χ2n) is 2.25. The lowest BCUT2D eigenvalue weighted by atomic mass is 10.1. The highest BCUT2D eigenvalue weighted by Crippen LogP contribution is 2.02. The summed E-state index contributed by atoms with van der Waals surface area (Å²) in [6, 6.07) is 0. The molecule has 0 saturated heterocycles. The van der Waals surface area contributed by atoms with E-state index < -0.39 is 0 Å². The summed E-state index contributed by atoms with van der Waals surface area (Å²) >= 11 is 0.553. The summed E-state index contributed by atoms with van der Waals surface area (Å²) in [7, 11) is 0. The maximum atomic E-state index is 10.4. The third kappa shape index (κ3) is 3.01. The number of hydrogen-bond donors (Lipinski definition) is 1. The first-order chi connectivity index (χ1) is 4.76. The highest BCUT2D eigenvalue weighted by atomic mass is 32.1. The van der Waals surface area contributed by atoms with E-state index in [1.54, 1.807) is 0 Å². The quantitative estimate of drug-likeness (QED) is 0.485. The van der Waals surface area contributed by atoms with Gasteiger partial charge in [-0.1, -0.05) is 20.3 Å². The maximum Gasteiger partial charge on any atom is 0.468 e. The standard InChI is InChI=1S/C7H14NOS/c1-3-5-7(10-9)6(8)4-2/h7-8H,3-5H2,1-2H3/q+1. The Kier molecular flexibility index (Phi) is 5.30. The molecular weight excluding hydrogens is 146 g/mol. The molecule has 0 amide bonds. The van der Waals surface area contributed by atoms with Gasteiger partial charge in [-0.3, -0.25) is 0 Å². The zero-order valence-electron chi connectivity index (χ0n) is 6.52. The second kappa shape index (κ2) is 5.47. The zero-order valence-corrected chi connectivity index (χ0v) is 7.33. The van der Waals surface area contributed by atoms with E-state index in [0.29, 0.717) is 23.8 Å². The van der Waals surface area contributed by atoms with Gasteiger partial charge in [-0.15, -0.1) is 0 Å². The molecule has 2 nitrogen and oxygen atoms in total. The maximum absolute atomic E-state index is 10.4. The van der Waals surface area contributed by atoms with Crippen LogP contribution in [0.5, 0.6) is 0 Å². The molecule has 1 N–H and O–H groups in total. The summed E-state index contributed by atoms with van der Waals surface area (Å²) in [6.07, 6.45) is 2.54. The molecule has 0 aromatic carbocycles. The van der Waals surface area contributed by atoms with Crippen molar-refractivity contribution in [3.05, 3.63) is 0 Å². The molecule has 10 heavy (non-hydrogen) atoms. The summed E-state index contributed by atoms with van der Waals surface area (Å²) in [5.74, 6) is 0. The van der Waals surface area contributed by atoms with E-state index in [9.17, 15) is 4.21 Å². The van der Waals surface area contributed by atoms with E-state index in [0.717, 1.165) is 12.8 Å². The first kappa shape index (κ1) is 9.69. The monoisotopic (exact) mass is 160 g/mol. The Hall–Kier alpha value is -0.310. The van der Waals surface area contributed by atoms with E-state index in [4.69, 9.17) is 5.41 Å².